The third kappa shape index (κ3) is 4.95. The van der Waals surface area contributed by atoms with Gasteiger partial charge in [-0.15, -0.1) is 0 Å². The quantitative estimate of drug-likeness (QED) is 0.361. The van der Waals surface area contributed by atoms with Crippen molar-refractivity contribution in [3.63, 3.8) is 0 Å². The number of rotatable bonds is 7. The molecule has 0 spiro atoms. The molecule has 0 N–H and O–H groups in total. The third-order valence-electron chi connectivity index (χ3n) is 4.23. The lowest BCUT2D eigenvalue weighted by Gasteiger charge is -2.12. The van der Waals surface area contributed by atoms with E-state index < -0.39 is 0 Å². The summed E-state index contributed by atoms with van der Waals surface area (Å²) in [4.78, 5) is 6.71. The van der Waals surface area contributed by atoms with Crippen LogP contribution in [0, 0.1) is 13.8 Å². The van der Waals surface area contributed by atoms with Gasteiger partial charge in [-0.1, -0.05) is 37.3 Å². The number of hydrogen-bond acceptors (Lipinski definition) is 4. The largest absolute Gasteiger partial charge is 0.445 e. The summed E-state index contributed by atoms with van der Waals surface area (Å²) >= 11 is 1.37. The Balaban J connectivity index is 1.76. The molecule has 0 aliphatic heterocycles. The van der Waals surface area contributed by atoms with Gasteiger partial charge in [-0.2, -0.15) is 4.37 Å². The fraction of sp³-hybridized carbons (Fsp3) is 0.273. The Morgan fingerprint density at radius 1 is 1.11 bits per heavy atom. The van der Waals surface area contributed by atoms with E-state index in [1.165, 1.54) is 11.5 Å². The lowest BCUT2D eigenvalue weighted by Crippen LogP contribution is -2.16. The van der Waals surface area contributed by atoms with Crippen LogP contribution in [-0.4, -0.2) is 29.2 Å². The molecular formula is C22H25N3OS. The van der Waals surface area contributed by atoms with Crippen molar-refractivity contribution in [2.75, 3.05) is 13.6 Å². The lowest BCUT2D eigenvalue weighted by atomic mass is 10.1. The van der Waals surface area contributed by atoms with E-state index in [-0.39, 0.29) is 0 Å². The highest BCUT2D eigenvalue weighted by Gasteiger charge is 2.10. The Bertz CT molecular complexity index is 919. The molecule has 1 aromatic heterocycles. The van der Waals surface area contributed by atoms with Gasteiger partial charge in [0, 0.05) is 36.8 Å². The first-order chi connectivity index (χ1) is 13.1. The molecule has 0 unspecified atom stereocenters. The van der Waals surface area contributed by atoms with Gasteiger partial charge in [-0.25, -0.2) is 4.99 Å². The molecule has 3 rings (SSSR count). The Hall–Kier alpha value is -2.66. The van der Waals surface area contributed by atoms with Crippen LogP contribution in [0.15, 0.2) is 53.5 Å². The molecule has 2 aromatic carbocycles. The number of ether oxygens (including phenoxy) is 1. The predicted octanol–water partition coefficient (Wildman–Crippen LogP) is 6.22. The van der Waals surface area contributed by atoms with Gasteiger partial charge >= 0.3 is 0 Å². The van der Waals surface area contributed by atoms with Crippen molar-refractivity contribution in [3.05, 3.63) is 59.7 Å². The first-order valence-corrected chi connectivity index (χ1v) is 9.90. The molecule has 5 heteroatoms. The number of benzene rings is 2. The molecule has 27 heavy (non-hydrogen) atoms. The van der Waals surface area contributed by atoms with E-state index in [4.69, 9.17) is 4.74 Å². The van der Waals surface area contributed by atoms with Crippen molar-refractivity contribution in [1.29, 1.82) is 0 Å². The minimum Gasteiger partial charge on any atom is -0.445 e. The number of aliphatic imine (C=N–C) groups is 1. The molecule has 0 bridgehead atoms. The van der Waals surface area contributed by atoms with E-state index in [0.29, 0.717) is 0 Å². The third-order valence-corrected chi connectivity index (χ3v) is 4.90. The SMILES string of the molecule is CCCN(C)/C=N\c1cc(C)c(Oc2cc(-c3ccccc3)ns2)cc1C. The summed E-state index contributed by atoms with van der Waals surface area (Å²) < 4.78 is 10.6. The van der Waals surface area contributed by atoms with Gasteiger partial charge in [0.25, 0.3) is 0 Å². The van der Waals surface area contributed by atoms with Crippen LogP contribution in [0.3, 0.4) is 0 Å². The van der Waals surface area contributed by atoms with Crippen LogP contribution in [0.4, 0.5) is 5.69 Å². The normalized spacial score (nSPS) is 11.1. The average Bonchev–Trinajstić information content (AvgIpc) is 3.13. The zero-order chi connectivity index (χ0) is 19.2. The minimum absolute atomic E-state index is 0.787. The topological polar surface area (TPSA) is 37.7 Å². The molecule has 0 atom stereocenters. The van der Waals surface area contributed by atoms with Gasteiger partial charge in [0.05, 0.1) is 17.7 Å². The van der Waals surface area contributed by atoms with Crippen molar-refractivity contribution >= 4 is 23.6 Å². The van der Waals surface area contributed by atoms with Gasteiger partial charge in [0.2, 0.25) is 5.06 Å². The van der Waals surface area contributed by atoms with Crippen molar-refractivity contribution in [1.82, 2.24) is 9.27 Å². The minimum atomic E-state index is 0.787. The maximum atomic E-state index is 6.11. The molecule has 1 heterocycles. The van der Waals surface area contributed by atoms with Crippen LogP contribution in [0.1, 0.15) is 24.5 Å². The van der Waals surface area contributed by atoms with Gasteiger partial charge in [0.1, 0.15) is 5.75 Å². The molecule has 0 aliphatic rings. The first kappa shape index (κ1) is 19.1. The number of hydrogen-bond donors (Lipinski definition) is 0. The van der Waals surface area contributed by atoms with Gasteiger partial charge < -0.3 is 9.64 Å². The molecule has 0 saturated carbocycles. The average molecular weight is 380 g/mol. The van der Waals surface area contributed by atoms with E-state index >= 15 is 0 Å². The number of aromatic nitrogens is 1. The zero-order valence-corrected chi connectivity index (χ0v) is 17.1. The van der Waals surface area contributed by atoms with Crippen LogP contribution >= 0.6 is 11.5 Å². The maximum absolute atomic E-state index is 6.11. The molecule has 140 valence electrons. The second-order valence-corrected chi connectivity index (χ2v) is 7.40. The Labute approximate surface area is 165 Å². The van der Waals surface area contributed by atoms with Crippen LogP contribution in [0.25, 0.3) is 11.3 Å². The van der Waals surface area contributed by atoms with Crippen molar-refractivity contribution in [2.45, 2.75) is 27.2 Å². The smallest absolute Gasteiger partial charge is 0.200 e. The molecular weight excluding hydrogens is 354 g/mol. The summed E-state index contributed by atoms with van der Waals surface area (Å²) in [5.41, 5.74) is 5.14. The van der Waals surface area contributed by atoms with Gasteiger partial charge in [-0.05, 0) is 43.5 Å². The predicted molar refractivity (Wildman–Crippen MR) is 115 cm³/mol. The molecule has 4 nitrogen and oxygen atoms in total. The van der Waals surface area contributed by atoms with Gasteiger partial charge in [0.15, 0.2) is 0 Å². The van der Waals surface area contributed by atoms with E-state index in [9.17, 15) is 0 Å². The lowest BCUT2D eigenvalue weighted by molar-refractivity contribution is 0.492. The summed E-state index contributed by atoms with van der Waals surface area (Å²) in [6.45, 7) is 7.26. The second kappa shape index (κ2) is 8.82. The van der Waals surface area contributed by atoms with Crippen LogP contribution in [0.5, 0.6) is 10.8 Å². The highest BCUT2D eigenvalue weighted by molar-refractivity contribution is 7.08. The number of aryl methyl sites for hydroxylation is 2. The van der Waals surface area contributed by atoms with Crippen molar-refractivity contribution in [2.24, 2.45) is 4.99 Å². The second-order valence-electron chi connectivity index (χ2n) is 6.63. The molecule has 0 fully saturated rings. The molecule has 3 aromatic rings. The standard InChI is InChI=1S/C22H25N3OS/c1-5-11-25(4)15-23-19-12-17(3)21(13-16(19)2)26-22-14-20(24-27-22)18-9-7-6-8-10-18/h6-10,12-15H,5,11H2,1-4H3/b23-15-. The molecule has 0 amide bonds. The zero-order valence-electron chi connectivity index (χ0n) is 16.3. The fourth-order valence-electron chi connectivity index (χ4n) is 2.75. The Kier molecular flexibility index (Phi) is 6.24. The van der Waals surface area contributed by atoms with Crippen molar-refractivity contribution in [3.8, 4) is 22.1 Å². The van der Waals surface area contributed by atoms with E-state index in [1.807, 2.05) is 50.6 Å². The summed E-state index contributed by atoms with van der Waals surface area (Å²) in [6.07, 6.45) is 2.99. The monoisotopic (exact) mass is 379 g/mol. The molecule has 0 aliphatic carbocycles. The molecule has 0 radical (unpaired) electrons. The van der Waals surface area contributed by atoms with Crippen LogP contribution in [0.2, 0.25) is 0 Å². The summed E-state index contributed by atoms with van der Waals surface area (Å²) in [5, 5.41) is 0.787. The summed E-state index contributed by atoms with van der Waals surface area (Å²) in [5.74, 6) is 0.844. The molecule has 0 saturated heterocycles. The van der Waals surface area contributed by atoms with E-state index in [0.717, 1.165) is 51.8 Å². The van der Waals surface area contributed by atoms with E-state index in [2.05, 4.69) is 46.3 Å². The van der Waals surface area contributed by atoms with Crippen molar-refractivity contribution < 1.29 is 4.74 Å². The summed E-state index contributed by atoms with van der Waals surface area (Å²) in [6, 6.07) is 16.2. The highest BCUT2D eigenvalue weighted by Crippen LogP contribution is 2.35. The van der Waals surface area contributed by atoms with Crippen LogP contribution in [-0.2, 0) is 0 Å². The Morgan fingerprint density at radius 3 is 2.63 bits per heavy atom. The van der Waals surface area contributed by atoms with E-state index in [1.54, 1.807) is 0 Å². The first-order valence-electron chi connectivity index (χ1n) is 9.12. The summed E-state index contributed by atoms with van der Waals surface area (Å²) in [7, 11) is 2.04. The van der Waals surface area contributed by atoms with Gasteiger partial charge in [-0.3, -0.25) is 0 Å². The highest BCUT2D eigenvalue weighted by atomic mass is 32.1. The fourth-order valence-corrected chi connectivity index (χ4v) is 3.39. The van der Waals surface area contributed by atoms with Crippen LogP contribution < -0.4 is 4.74 Å². The Morgan fingerprint density at radius 2 is 1.89 bits per heavy atom. The number of nitrogens with zero attached hydrogens (tertiary/aromatic N) is 3. The maximum Gasteiger partial charge on any atom is 0.200 e.